The molecule has 0 aromatic heterocycles. The Morgan fingerprint density at radius 2 is 1.79 bits per heavy atom. The van der Waals surface area contributed by atoms with Crippen LogP contribution in [-0.2, 0) is 19.9 Å². The molecule has 0 amide bonds. The maximum Gasteiger partial charge on any atom is 0.244 e. The number of nitrogens with zero attached hydrogens (tertiary/aromatic N) is 1. The number of sulfonamides is 1. The lowest BCUT2D eigenvalue weighted by atomic mass is 10.3. The molecule has 0 radical (unpaired) electrons. The van der Waals surface area contributed by atoms with Gasteiger partial charge in [-0.15, -0.1) is 0 Å². The van der Waals surface area contributed by atoms with Crippen molar-refractivity contribution in [2.75, 3.05) is 25.6 Å². The predicted octanol–water partition coefficient (Wildman–Crippen LogP) is 0.703. The number of hydrogen-bond donors (Lipinski definition) is 1. The van der Waals surface area contributed by atoms with Crippen LogP contribution in [0.3, 0.4) is 0 Å². The number of anilines is 1. The molecular formula is C11H18N2O4S2. The van der Waals surface area contributed by atoms with Crippen LogP contribution in [0.25, 0.3) is 0 Å². The van der Waals surface area contributed by atoms with E-state index in [1.807, 2.05) is 6.92 Å². The molecule has 2 N–H and O–H groups in total. The molecule has 8 heteroatoms. The monoisotopic (exact) mass is 306 g/mol. The first-order chi connectivity index (χ1) is 8.60. The molecule has 0 atom stereocenters. The van der Waals surface area contributed by atoms with Gasteiger partial charge in [-0.05, 0) is 24.6 Å². The van der Waals surface area contributed by atoms with E-state index in [1.54, 1.807) is 0 Å². The minimum absolute atomic E-state index is 0.0374. The summed E-state index contributed by atoms with van der Waals surface area (Å²) in [6.45, 7) is 2.19. The van der Waals surface area contributed by atoms with E-state index >= 15 is 0 Å². The zero-order chi connectivity index (χ0) is 14.8. The maximum absolute atomic E-state index is 12.3. The van der Waals surface area contributed by atoms with E-state index in [2.05, 4.69) is 0 Å². The first-order valence-electron chi connectivity index (χ1n) is 5.66. The molecule has 0 heterocycles. The van der Waals surface area contributed by atoms with Crippen molar-refractivity contribution in [3.8, 4) is 0 Å². The van der Waals surface area contributed by atoms with Crippen molar-refractivity contribution in [1.29, 1.82) is 0 Å². The van der Waals surface area contributed by atoms with Crippen molar-refractivity contribution in [3.05, 3.63) is 18.2 Å². The molecule has 0 unspecified atom stereocenters. The molecule has 0 fully saturated rings. The molecule has 108 valence electrons. The molecule has 1 aromatic rings. The Kier molecular flexibility index (Phi) is 4.59. The van der Waals surface area contributed by atoms with Crippen LogP contribution in [0, 0.1) is 0 Å². The highest BCUT2D eigenvalue weighted by Gasteiger charge is 2.24. The van der Waals surface area contributed by atoms with Crippen LogP contribution in [0.15, 0.2) is 28.0 Å². The molecule has 19 heavy (non-hydrogen) atoms. The van der Waals surface area contributed by atoms with E-state index in [-0.39, 0.29) is 15.5 Å². The van der Waals surface area contributed by atoms with Crippen LogP contribution in [0.2, 0.25) is 0 Å². The second-order valence-corrected chi connectivity index (χ2v) is 8.33. The van der Waals surface area contributed by atoms with Gasteiger partial charge in [0.1, 0.15) is 4.90 Å². The molecule has 1 aromatic carbocycles. The van der Waals surface area contributed by atoms with Gasteiger partial charge in [0.2, 0.25) is 10.0 Å². The van der Waals surface area contributed by atoms with E-state index in [4.69, 9.17) is 5.73 Å². The van der Waals surface area contributed by atoms with Crippen LogP contribution in [0.5, 0.6) is 0 Å². The fourth-order valence-corrected chi connectivity index (χ4v) is 3.69. The largest absolute Gasteiger partial charge is 0.398 e. The minimum atomic E-state index is -3.77. The molecule has 0 aliphatic carbocycles. The molecular weight excluding hydrogens is 288 g/mol. The van der Waals surface area contributed by atoms with Crippen molar-refractivity contribution >= 4 is 25.5 Å². The van der Waals surface area contributed by atoms with Gasteiger partial charge in [0.15, 0.2) is 9.84 Å². The average Bonchev–Trinajstić information content (AvgIpc) is 2.28. The van der Waals surface area contributed by atoms with E-state index in [9.17, 15) is 16.8 Å². The van der Waals surface area contributed by atoms with Gasteiger partial charge in [-0.1, -0.05) is 6.92 Å². The fraction of sp³-hybridized carbons (Fsp3) is 0.455. The third-order valence-corrected chi connectivity index (χ3v) is 5.66. The number of nitrogens with two attached hydrogens (primary N) is 1. The van der Waals surface area contributed by atoms with Gasteiger partial charge in [0.25, 0.3) is 0 Å². The summed E-state index contributed by atoms with van der Waals surface area (Å²) in [7, 11) is -5.81. The van der Waals surface area contributed by atoms with Gasteiger partial charge >= 0.3 is 0 Å². The van der Waals surface area contributed by atoms with Crippen LogP contribution < -0.4 is 5.73 Å². The number of benzene rings is 1. The molecule has 1 rings (SSSR count). The Hall–Kier alpha value is -1.12. The van der Waals surface area contributed by atoms with Crippen molar-refractivity contribution < 1.29 is 16.8 Å². The van der Waals surface area contributed by atoms with E-state index in [1.165, 1.54) is 19.2 Å². The zero-order valence-corrected chi connectivity index (χ0v) is 12.8. The molecule has 6 nitrogen and oxygen atoms in total. The molecule has 0 aliphatic heterocycles. The molecule has 0 saturated heterocycles. The fourth-order valence-electron chi connectivity index (χ4n) is 1.57. The summed E-state index contributed by atoms with van der Waals surface area (Å²) in [5, 5.41) is 0. The summed E-state index contributed by atoms with van der Waals surface area (Å²) < 4.78 is 48.6. The second-order valence-electron chi connectivity index (χ2n) is 4.30. The lowest BCUT2D eigenvalue weighted by molar-refractivity contribution is 0.468. The highest BCUT2D eigenvalue weighted by atomic mass is 32.2. The summed E-state index contributed by atoms with van der Waals surface area (Å²) in [4.78, 5) is -0.239. The normalized spacial score (nSPS) is 12.8. The smallest absolute Gasteiger partial charge is 0.244 e. The highest BCUT2D eigenvalue weighted by Crippen LogP contribution is 2.25. The average molecular weight is 306 g/mol. The minimum Gasteiger partial charge on any atom is -0.398 e. The van der Waals surface area contributed by atoms with E-state index < -0.39 is 19.9 Å². The Morgan fingerprint density at radius 3 is 2.26 bits per heavy atom. The summed E-state index contributed by atoms with van der Waals surface area (Å²) in [5.74, 6) is 0. The lowest BCUT2D eigenvalue weighted by Crippen LogP contribution is -2.28. The Bertz CT molecular complexity index is 666. The van der Waals surface area contributed by atoms with Gasteiger partial charge in [0, 0.05) is 19.8 Å². The number of sulfone groups is 1. The molecule has 0 aliphatic rings. The number of hydrogen-bond acceptors (Lipinski definition) is 5. The third kappa shape index (κ3) is 3.46. The number of rotatable bonds is 5. The first kappa shape index (κ1) is 15.9. The van der Waals surface area contributed by atoms with Crippen molar-refractivity contribution in [2.24, 2.45) is 0 Å². The lowest BCUT2D eigenvalue weighted by Gasteiger charge is -2.18. The summed E-state index contributed by atoms with van der Waals surface area (Å²) in [6.07, 6.45) is 1.67. The topological polar surface area (TPSA) is 97.5 Å². The standard InChI is InChI=1S/C11H18N2O4S2/c1-4-7-13(2)19(16,17)11-8-9(18(3,14)15)5-6-10(11)12/h5-6,8H,4,7,12H2,1-3H3. The summed E-state index contributed by atoms with van der Waals surface area (Å²) >= 11 is 0. The maximum atomic E-state index is 12.3. The second kappa shape index (κ2) is 5.48. The molecule has 0 saturated carbocycles. The van der Waals surface area contributed by atoms with E-state index in [0.717, 1.165) is 16.6 Å². The highest BCUT2D eigenvalue weighted by molar-refractivity contribution is 7.91. The van der Waals surface area contributed by atoms with E-state index in [0.29, 0.717) is 13.0 Å². The Balaban J connectivity index is 3.43. The van der Waals surface area contributed by atoms with Crippen molar-refractivity contribution in [3.63, 3.8) is 0 Å². The summed E-state index contributed by atoms with van der Waals surface area (Å²) in [6, 6.07) is 3.69. The third-order valence-electron chi connectivity index (χ3n) is 2.64. The van der Waals surface area contributed by atoms with Gasteiger partial charge in [-0.25, -0.2) is 21.1 Å². The van der Waals surface area contributed by atoms with Gasteiger partial charge in [0.05, 0.1) is 10.6 Å². The number of nitrogen functional groups attached to an aromatic ring is 1. The summed E-state index contributed by atoms with van der Waals surface area (Å²) in [5.41, 5.74) is 5.69. The van der Waals surface area contributed by atoms with Gasteiger partial charge in [-0.3, -0.25) is 0 Å². The van der Waals surface area contributed by atoms with Crippen LogP contribution in [0.4, 0.5) is 5.69 Å². The Labute approximate surface area is 114 Å². The van der Waals surface area contributed by atoms with Crippen LogP contribution >= 0.6 is 0 Å². The van der Waals surface area contributed by atoms with Gasteiger partial charge in [-0.2, -0.15) is 0 Å². The van der Waals surface area contributed by atoms with Crippen molar-refractivity contribution in [2.45, 2.75) is 23.1 Å². The predicted molar refractivity (Wildman–Crippen MR) is 74.1 cm³/mol. The Morgan fingerprint density at radius 1 is 1.21 bits per heavy atom. The quantitative estimate of drug-likeness (QED) is 0.808. The zero-order valence-electron chi connectivity index (χ0n) is 11.1. The molecule has 0 bridgehead atoms. The van der Waals surface area contributed by atoms with Crippen LogP contribution in [-0.4, -0.2) is 41.0 Å². The van der Waals surface area contributed by atoms with Crippen molar-refractivity contribution in [1.82, 2.24) is 4.31 Å². The van der Waals surface area contributed by atoms with Crippen LogP contribution in [0.1, 0.15) is 13.3 Å². The SMILES string of the molecule is CCCN(C)S(=O)(=O)c1cc(S(C)(=O)=O)ccc1N. The first-order valence-corrected chi connectivity index (χ1v) is 8.99. The van der Waals surface area contributed by atoms with Gasteiger partial charge < -0.3 is 5.73 Å². The molecule has 0 spiro atoms.